The van der Waals surface area contributed by atoms with Crippen molar-refractivity contribution in [1.29, 1.82) is 0 Å². The fourth-order valence-corrected chi connectivity index (χ4v) is 1.36. The third-order valence-corrected chi connectivity index (χ3v) is 2.25. The molecule has 2 amide bonds. The van der Waals surface area contributed by atoms with Gasteiger partial charge in [0.1, 0.15) is 0 Å². The smallest absolute Gasteiger partial charge is 0.319 e. The van der Waals surface area contributed by atoms with Gasteiger partial charge in [0.2, 0.25) is 0 Å². The second-order valence-corrected chi connectivity index (χ2v) is 3.80. The van der Waals surface area contributed by atoms with Crippen LogP contribution in [-0.4, -0.2) is 40.5 Å². The van der Waals surface area contributed by atoms with E-state index in [1.807, 2.05) is 0 Å². The van der Waals surface area contributed by atoms with Crippen LogP contribution in [0.4, 0.5) is 10.5 Å². The Labute approximate surface area is 115 Å². The van der Waals surface area contributed by atoms with Crippen LogP contribution in [0, 0.1) is 0 Å². The third kappa shape index (κ3) is 4.56. The molecular weight excluding hydrogens is 268 g/mol. The molecular formula is C12H16N2O6. The van der Waals surface area contributed by atoms with Gasteiger partial charge < -0.3 is 30.7 Å². The predicted octanol–water partition coefficient (Wildman–Crippen LogP) is 0.878. The van der Waals surface area contributed by atoms with Gasteiger partial charge in [-0.1, -0.05) is 0 Å². The number of carbonyl (C=O) groups excluding carboxylic acids is 2. The zero-order valence-electron chi connectivity index (χ0n) is 10.8. The zero-order valence-corrected chi connectivity index (χ0v) is 10.8. The molecule has 0 aromatic heterocycles. The first-order valence-electron chi connectivity index (χ1n) is 5.89. The number of esters is 1. The van der Waals surface area contributed by atoms with Crippen LogP contribution >= 0.6 is 0 Å². The van der Waals surface area contributed by atoms with E-state index in [0.717, 1.165) is 12.1 Å². The Kier molecular flexibility index (Phi) is 5.45. The average molecular weight is 284 g/mol. The fourth-order valence-electron chi connectivity index (χ4n) is 1.36. The number of carbonyl (C=O) groups is 2. The van der Waals surface area contributed by atoms with Crippen LogP contribution in [0.1, 0.15) is 13.3 Å². The van der Waals surface area contributed by atoms with Crippen LogP contribution in [-0.2, 0) is 9.53 Å². The van der Waals surface area contributed by atoms with Crippen molar-refractivity contribution in [1.82, 2.24) is 5.32 Å². The molecule has 110 valence electrons. The van der Waals surface area contributed by atoms with Crippen molar-refractivity contribution >= 4 is 17.7 Å². The minimum absolute atomic E-state index is 0.0351. The Morgan fingerprint density at radius 2 is 1.80 bits per heavy atom. The molecule has 20 heavy (non-hydrogen) atoms. The first-order chi connectivity index (χ1) is 9.43. The number of phenolic OH excluding ortho intramolecular Hbond substituents is 3. The molecule has 0 saturated carbocycles. The highest BCUT2D eigenvalue weighted by molar-refractivity contribution is 5.90. The van der Waals surface area contributed by atoms with Gasteiger partial charge in [0.25, 0.3) is 0 Å². The lowest BCUT2D eigenvalue weighted by molar-refractivity contribution is -0.142. The Hall–Kier alpha value is -2.64. The van der Waals surface area contributed by atoms with Gasteiger partial charge in [-0.25, -0.2) is 4.79 Å². The van der Waals surface area contributed by atoms with Gasteiger partial charge in [-0.15, -0.1) is 0 Å². The van der Waals surface area contributed by atoms with E-state index in [1.54, 1.807) is 6.92 Å². The molecule has 1 aromatic carbocycles. The van der Waals surface area contributed by atoms with Gasteiger partial charge in [0, 0.05) is 18.7 Å². The molecule has 0 heterocycles. The summed E-state index contributed by atoms with van der Waals surface area (Å²) in [6, 6.07) is 1.51. The number of benzene rings is 1. The van der Waals surface area contributed by atoms with Crippen molar-refractivity contribution in [3.63, 3.8) is 0 Å². The van der Waals surface area contributed by atoms with Gasteiger partial charge in [-0.05, 0) is 6.92 Å². The third-order valence-electron chi connectivity index (χ3n) is 2.25. The topological polar surface area (TPSA) is 128 Å². The summed E-state index contributed by atoms with van der Waals surface area (Å²) in [4.78, 5) is 22.5. The van der Waals surface area contributed by atoms with Gasteiger partial charge in [-0.3, -0.25) is 4.79 Å². The zero-order chi connectivity index (χ0) is 15.1. The normalized spacial score (nSPS) is 9.85. The number of urea groups is 1. The molecule has 0 atom stereocenters. The number of aromatic hydroxyl groups is 3. The molecule has 0 bridgehead atoms. The van der Waals surface area contributed by atoms with Crippen molar-refractivity contribution in [3.8, 4) is 17.2 Å². The van der Waals surface area contributed by atoms with Crippen LogP contribution in [0.5, 0.6) is 17.2 Å². The van der Waals surface area contributed by atoms with Gasteiger partial charge in [0.15, 0.2) is 17.2 Å². The van der Waals surface area contributed by atoms with Gasteiger partial charge in [-0.2, -0.15) is 0 Å². The quantitative estimate of drug-likeness (QED) is 0.310. The summed E-state index contributed by atoms with van der Waals surface area (Å²) < 4.78 is 4.68. The molecule has 0 saturated heterocycles. The Morgan fingerprint density at radius 1 is 1.20 bits per heavy atom. The van der Waals surface area contributed by atoms with E-state index in [9.17, 15) is 19.8 Å². The average Bonchev–Trinajstić information content (AvgIpc) is 2.36. The second-order valence-electron chi connectivity index (χ2n) is 3.80. The predicted molar refractivity (Wildman–Crippen MR) is 69.7 cm³/mol. The Morgan fingerprint density at radius 3 is 2.35 bits per heavy atom. The van der Waals surface area contributed by atoms with Gasteiger partial charge >= 0.3 is 12.0 Å². The minimum atomic E-state index is -0.668. The molecule has 0 aliphatic carbocycles. The lowest BCUT2D eigenvalue weighted by Gasteiger charge is -2.09. The molecule has 5 N–H and O–H groups in total. The maximum atomic E-state index is 11.5. The molecule has 0 radical (unpaired) electrons. The largest absolute Gasteiger partial charge is 0.504 e. The van der Waals surface area contributed by atoms with Crippen molar-refractivity contribution < 1.29 is 29.6 Å². The number of nitrogens with one attached hydrogen (secondary N) is 2. The van der Waals surface area contributed by atoms with E-state index >= 15 is 0 Å². The second kappa shape index (κ2) is 7.07. The number of hydrogen-bond acceptors (Lipinski definition) is 6. The van der Waals surface area contributed by atoms with Crippen LogP contribution in [0.3, 0.4) is 0 Å². The lowest BCUT2D eigenvalue weighted by atomic mass is 10.2. The SMILES string of the molecule is CCOC(=O)CCNC(=O)Nc1cc(O)c(O)c(O)c1. The molecule has 0 spiro atoms. The summed E-state index contributed by atoms with van der Waals surface area (Å²) in [5.74, 6) is -2.22. The van der Waals surface area contributed by atoms with Crippen LogP contribution in [0.15, 0.2) is 12.1 Å². The molecule has 0 aliphatic heterocycles. The molecule has 1 aromatic rings. The van der Waals surface area contributed by atoms with Crippen molar-refractivity contribution in [2.24, 2.45) is 0 Å². The minimum Gasteiger partial charge on any atom is -0.504 e. The highest BCUT2D eigenvalue weighted by Crippen LogP contribution is 2.37. The standard InChI is InChI=1S/C12H16N2O6/c1-2-20-10(17)3-4-13-12(19)14-7-5-8(15)11(18)9(16)6-7/h5-6,15-16,18H,2-4H2,1H3,(H2,13,14,19). The molecule has 8 heteroatoms. The summed E-state index contributed by atoms with van der Waals surface area (Å²) in [5, 5.41) is 32.4. The summed E-state index contributed by atoms with van der Waals surface area (Å²) in [6.45, 7) is 2.04. The maximum absolute atomic E-state index is 11.5. The summed E-state index contributed by atoms with van der Waals surface area (Å²) >= 11 is 0. The summed E-state index contributed by atoms with van der Waals surface area (Å²) in [7, 11) is 0. The monoisotopic (exact) mass is 284 g/mol. The van der Waals surface area contributed by atoms with E-state index in [0.29, 0.717) is 0 Å². The van der Waals surface area contributed by atoms with Crippen LogP contribution < -0.4 is 10.6 Å². The first-order valence-corrected chi connectivity index (χ1v) is 5.89. The van der Waals surface area contributed by atoms with E-state index in [1.165, 1.54) is 0 Å². The molecule has 0 fully saturated rings. The van der Waals surface area contributed by atoms with Crippen molar-refractivity contribution in [3.05, 3.63) is 12.1 Å². The fraction of sp³-hybridized carbons (Fsp3) is 0.333. The van der Waals surface area contributed by atoms with Crippen molar-refractivity contribution in [2.75, 3.05) is 18.5 Å². The van der Waals surface area contributed by atoms with E-state index in [4.69, 9.17) is 5.11 Å². The van der Waals surface area contributed by atoms with Gasteiger partial charge in [0.05, 0.1) is 18.7 Å². The Bertz CT molecular complexity index is 480. The summed E-state index contributed by atoms with van der Waals surface area (Å²) in [5.41, 5.74) is 0.0893. The molecule has 0 aliphatic rings. The first kappa shape index (κ1) is 15.4. The van der Waals surface area contributed by atoms with Crippen molar-refractivity contribution in [2.45, 2.75) is 13.3 Å². The highest BCUT2D eigenvalue weighted by atomic mass is 16.5. The number of hydrogen-bond donors (Lipinski definition) is 5. The van der Waals surface area contributed by atoms with E-state index < -0.39 is 29.2 Å². The molecule has 8 nitrogen and oxygen atoms in total. The van der Waals surface area contributed by atoms with E-state index in [-0.39, 0.29) is 25.3 Å². The maximum Gasteiger partial charge on any atom is 0.319 e. The molecule has 1 rings (SSSR count). The number of phenols is 3. The van der Waals surface area contributed by atoms with Crippen LogP contribution in [0.2, 0.25) is 0 Å². The van der Waals surface area contributed by atoms with Crippen LogP contribution in [0.25, 0.3) is 0 Å². The number of amides is 2. The number of anilines is 1. The Balaban J connectivity index is 2.45. The molecule has 0 unspecified atom stereocenters. The lowest BCUT2D eigenvalue weighted by Crippen LogP contribution is -2.30. The summed E-state index contributed by atoms with van der Waals surface area (Å²) in [6.07, 6.45) is 0.0351. The highest BCUT2D eigenvalue weighted by Gasteiger charge is 2.10. The van der Waals surface area contributed by atoms with E-state index in [2.05, 4.69) is 15.4 Å². The number of rotatable bonds is 5. The number of ether oxygens (including phenoxy) is 1.